The lowest BCUT2D eigenvalue weighted by Crippen LogP contribution is -2.37. The van der Waals surface area contributed by atoms with Gasteiger partial charge in [-0.2, -0.15) is 0 Å². The molecule has 1 aromatic heterocycles. The molecule has 1 saturated heterocycles. The van der Waals surface area contributed by atoms with Crippen LogP contribution in [0, 0.1) is 0 Å². The Morgan fingerprint density at radius 3 is 2.82 bits per heavy atom. The van der Waals surface area contributed by atoms with Crippen LogP contribution in [0.3, 0.4) is 0 Å². The highest BCUT2D eigenvalue weighted by Gasteiger charge is 2.08. The molecule has 3 N–H and O–H groups in total. The standard InChI is InChI=1S/C12H21N3O2/c13-12-3-2-11(17-12)10-14-4-1-5-15-6-8-16-9-7-15/h2-3,14H,1,4-10,13H2. The number of nitrogen functional groups attached to an aromatic ring is 1. The van der Waals surface area contributed by atoms with Crippen molar-refractivity contribution in [3.63, 3.8) is 0 Å². The molecule has 0 aromatic carbocycles. The molecule has 0 amide bonds. The second-order valence-electron chi connectivity index (χ2n) is 4.29. The second kappa shape index (κ2) is 6.64. The summed E-state index contributed by atoms with van der Waals surface area (Å²) in [5.41, 5.74) is 5.49. The monoisotopic (exact) mass is 239 g/mol. The highest BCUT2D eigenvalue weighted by Crippen LogP contribution is 2.08. The first-order valence-corrected chi connectivity index (χ1v) is 6.19. The van der Waals surface area contributed by atoms with E-state index in [0.717, 1.165) is 58.1 Å². The molecule has 0 atom stereocenters. The summed E-state index contributed by atoms with van der Waals surface area (Å²) in [5, 5.41) is 3.35. The van der Waals surface area contributed by atoms with Crippen LogP contribution in [0.25, 0.3) is 0 Å². The minimum Gasteiger partial charge on any atom is -0.445 e. The van der Waals surface area contributed by atoms with Crippen molar-refractivity contribution in [3.05, 3.63) is 17.9 Å². The first-order chi connectivity index (χ1) is 8.34. The predicted octanol–water partition coefficient (Wildman–Crippen LogP) is 0.674. The molecule has 0 bridgehead atoms. The lowest BCUT2D eigenvalue weighted by molar-refractivity contribution is 0.0374. The quantitative estimate of drug-likeness (QED) is 0.715. The summed E-state index contributed by atoms with van der Waals surface area (Å²) in [4.78, 5) is 2.44. The molecule has 1 aromatic rings. The Hall–Kier alpha value is -1.04. The number of furan rings is 1. The predicted molar refractivity (Wildman–Crippen MR) is 66.7 cm³/mol. The van der Waals surface area contributed by atoms with Gasteiger partial charge in [0.1, 0.15) is 5.76 Å². The van der Waals surface area contributed by atoms with E-state index >= 15 is 0 Å². The summed E-state index contributed by atoms with van der Waals surface area (Å²) in [5.74, 6) is 1.38. The maximum absolute atomic E-state index is 5.49. The van der Waals surface area contributed by atoms with Gasteiger partial charge in [-0.25, -0.2) is 0 Å². The number of rotatable bonds is 6. The first kappa shape index (κ1) is 12.4. The smallest absolute Gasteiger partial charge is 0.190 e. The van der Waals surface area contributed by atoms with Crippen LogP contribution in [0.15, 0.2) is 16.5 Å². The van der Waals surface area contributed by atoms with Crippen LogP contribution < -0.4 is 11.1 Å². The molecule has 1 fully saturated rings. The van der Waals surface area contributed by atoms with Crippen LogP contribution >= 0.6 is 0 Å². The second-order valence-corrected chi connectivity index (χ2v) is 4.29. The molecule has 1 aliphatic heterocycles. The summed E-state index contributed by atoms with van der Waals surface area (Å²) in [7, 11) is 0. The van der Waals surface area contributed by atoms with Crippen molar-refractivity contribution in [2.24, 2.45) is 0 Å². The number of ether oxygens (including phenoxy) is 1. The fourth-order valence-corrected chi connectivity index (χ4v) is 1.95. The van der Waals surface area contributed by atoms with Crippen molar-refractivity contribution < 1.29 is 9.15 Å². The zero-order chi connectivity index (χ0) is 11.9. The van der Waals surface area contributed by atoms with Crippen molar-refractivity contribution in [2.45, 2.75) is 13.0 Å². The highest BCUT2D eigenvalue weighted by molar-refractivity contribution is 5.25. The molecule has 0 saturated carbocycles. The van der Waals surface area contributed by atoms with Gasteiger partial charge in [-0.1, -0.05) is 0 Å². The van der Waals surface area contributed by atoms with Gasteiger partial charge in [-0.3, -0.25) is 4.90 Å². The molecular formula is C12H21N3O2. The number of hydrogen-bond donors (Lipinski definition) is 2. The van der Waals surface area contributed by atoms with Crippen molar-refractivity contribution in [1.29, 1.82) is 0 Å². The van der Waals surface area contributed by atoms with E-state index in [2.05, 4.69) is 10.2 Å². The lowest BCUT2D eigenvalue weighted by Gasteiger charge is -2.26. The summed E-state index contributed by atoms with van der Waals surface area (Å²) in [6, 6.07) is 3.69. The normalized spacial score (nSPS) is 17.4. The van der Waals surface area contributed by atoms with Crippen molar-refractivity contribution in [1.82, 2.24) is 10.2 Å². The minimum atomic E-state index is 0.482. The van der Waals surface area contributed by atoms with Crippen molar-refractivity contribution in [2.75, 3.05) is 45.1 Å². The van der Waals surface area contributed by atoms with Crippen LogP contribution in [-0.2, 0) is 11.3 Å². The van der Waals surface area contributed by atoms with E-state index in [1.54, 1.807) is 6.07 Å². The average molecular weight is 239 g/mol. The lowest BCUT2D eigenvalue weighted by atomic mass is 10.3. The van der Waals surface area contributed by atoms with Gasteiger partial charge in [0.2, 0.25) is 0 Å². The summed E-state index contributed by atoms with van der Waals surface area (Å²) >= 11 is 0. The van der Waals surface area contributed by atoms with E-state index in [4.69, 9.17) is 14.9 Å². The van der Waals surface area contributed by atoms with Gasteiger partial charge < -0.3 is 20.2 Å². The molecule has 5 heteroatoms. The van der Waals surface area contributed by atoms with E-state index in [1.807, 2.05) is 6.07 Å². The molecular weight excluding hydrogens is 218 g/mol. The van der Waals surface area contributed by atoms with Gasteiger partial charge >= 0.3 is 0 Å². The Labute approximate surface area is 102 Å². The molecule has 2 rings (SSSR count). The Morgan fingerprint density at radius 2 is 2.12 bits per heavy atom. The number of nitrogens with two attached hydrogens (primary N) is 1. The van der Waals surface area contributed by atoms with Crippen molar-refractivity contribution >= 4 is 5.88 Å². The minimum absolute atomic E-state index is 0.482. The maximum Gasteiger partial charge on any atom is 0.190 e. The Bertz CT molecular complexity index is 321. The summed E-state index contributed by atoms with van der Waals surface area (Å²) in [6.07, 6.45) is 1.15. The van der Waals surface area contributed by atoms with Crippen LogP contribution in [0.1, 0.15) is 12.2 Å². The Balaban J connectivity index is 1.51. The van der Waals surface area contributed by atoms with Crippen molar-refractivity contribution in [3.8, 4) is 0 Å². The number of nitrogens with one attached hydrogen (secondary N) is 1. The Morgan fingerprint density at radius 1 is 1.29 bits per heavy atom. The number of hydrogen-bond acceptors (Lipinski definition) is 5. The topological polar surface area (TPSA) is 63.7 Å². The van der Waals surface area contributed by atoms with E-state index in [0.29, 0.717) is 5.88 Å². The molecule has 0 radical (unpaired) electrons. The molecule has 1 aliphatic rings. The third kappa shape index (κ3) is 4.38. The van der Waals surface area contributed by atoms with Crippen LogP contribution in [0.5, 0.6) is 0 Å². The largest absolute Gasteiger partial charge is 0.445 e. The molecule has 17 heavy (non-hydrogen) atoms. The van der Waals surface area contributed by atoms with Gasteiger partial charge in [-0.05, 0) is 25.6 Å². The number of anilines is 1. The van der Waals surface area contributed by atoms with Gasteiger partial charge in [0.15, 0.2) is 5.88 Å². The summed E-state index contributed by atoms with van der Waals surface area (Å²) < 4.78 is 10.6. The SMILES string of the molecule is Nc1ccc(CNCCCN2CCOCC2)o1. The third-order valence-corrected chi connectivity index (χ3v) is 2.91. The van der Waals surface area contributed by atoms with E-state index < -0.39 is 0 Å². The fourth-order valence-electron chi connectivity index (χ4n) is 1.95. The number of nitrogens with zero attached hydrogens (tertiary/aromatic N) is 1. The molecule has 96 valence electrons. The van der Waals surface area contributed by atoms with Gasteiger partial charge in [-0.15, -0.1) is 0 Å². The van der Waals surface area contributed by atoms with Gasteiger partial charge in [0.05, 0.1) is 19.8 Å². The van der Waals surface area contributed by atoms with Crippen LogP contribution in [0.4, 0.5) is 5.88 Å². The third-order valence-electron chi connectivity index (χ3n) is 2.91. The molecule has 2 heterocycles. The first-order valence-electron chi connectivity index (χ1n) is 6.19. The van der Waals surface area contributed by atoms with Crippen LogP contribution in [-0.4, -0.2) is 44.3 Å². The number of morpholine rings is 1. The molecule has 0 spiro atoms. The summed E-state index contributed by atoms with van der Waals surface area (Å²) in [6.45, 7) is 6.76. The van der Waals surface area contributed by atoms with E-state index in [-0.39, 0.29) is 0 Å². The Kier molecular flexibility index (Phi) is 4.85. The average Bonchev–Trinajstić information content (AvgIpc) is 2.76. The fraction of sp³-hybridized carbons (Fsp3) is 0.667. The van der Waals surface area contributed by atoms with Gasteiger partial charge in [0, 0.05) is 19.2 Å². The molecule has 5 nitrogen and oxygen atoms in total. The molecule has 0 unspecified atom stereocenters. The van der Waals surface area contributed by atoms with E-state index in [1.165, 1.54) is 0 Å². The zero-order valence-corrected chi connectivity index (χ0v) is 10.2. The van der Waals surface area contributed by atoms with Crippen LogP contribution in [0.2, 0.25) is 0 Å². The zero-order valence-electron chi connectivity index (χ0n) is 10.2. The van der Waals surface area contributed by atoms with E-state index in [9.17, 15) is 0 Å². The molecule has 0 aliphatic carbocycles. The maximum atomic E-state index is 5.49. The van der Waals surface area contributed by atoms with Gasteiger partial charge in [0.25, 0.3) is 0 Å². The highest BCUT2D eigenvalue weighted by atomic mass is 16.5.